The van der Waals surface area contributed by atoms with Crippen LogP contribution in [0.5, 0.6) is 5.75 Å². The van der Waals surface area contributed by atoms with Gasteiger partial charge in [0.15, 0.2) is 0 Å². The van der Waals surface area contributed by atoms with Gasteiger partial charge in [-0.25, -0.2) is 4.39 Å². The molecule has 4 nitrogen and oxygen atoms in total. The van der Waals surface area contributed by atoms with E-state index in [1.54, 1.807) is 0 Å². The molecule has 2 rings (SSSR count). The second-order valence-electron chi connectivity index (χ2n) is 4.18. The minimum absolute atomic E-state index is 0.0866. The highest BCUT2D eigenvalue weighted by Crippen LogP contribution is 2.32. The van der Waals surface area contributed by atoms with Gasteiger partial charge in [0.2, 0.25) is 0 Å². The molecule has 0 aliphatic rings. The number of benzene rings is 2. The molecule has 0 fully saturated rings. The van der Waals surface area contributed by atoms with E-state index in [2.05, 4.69) is 31.9 Å². The van der Waals surface area contributed by atoms with Gasteiger partial charge >= 0.3 is 0 Å². The summed E-state index contributed by atoms with van der Waals surface area (Å²) in [6.07, 6.45) is 0. The lowest BCUT2D eigenvalue weighted by Gasteiger charge is -2.12. The number of para-hydroxylation sites is 1. The first-order valence-electron chi connectivity index (χ1n) is 5.92. The molecule has 0 heterocycles. The highest BCUT2D eigenvalue weighted by atomic mass is 79.9. The number of hydrogen-bond donors (Lipinski definition) is 0. The van der Waals surface area contributed by atoms with Crippen molar-refractivity contribution in [1.82, 2.24) is 0 Å². The zero-order chi connectivity index (χ0) is 15.4. The summed E-state index contributed by atoms with van der Waals surface area (Å²) in [6, 6.07) is 8.85. The number of hydrogen-bond acceptors (Lipinski definition) is 3. The fourth-order valence-corrected chi connectivity index (χ4v) is 2.78. The van der Waals surface area contributed by atoms with Crippen LogP contribution in [0.4, 0.5) is 10.1 Å². The summed E-state index contributed by atoms with van der Waals surface area (Å²) in [5.41, 5.74) is 0.920. The minimum atomic E-state index is -0.552. The lowest BCUT2D eigenvalue weighted by molar-refractivity contribution is -0.385. The van der Waals surface area contributed by atoms with Crippen LogP contribution in [0.2, 0.25) is 0 Å². The maximum absolute atomic E-state index is 13.3. The van der Waals surface area contributed by atoms with Crippen LogP contribution >= 0.6 is 31.9 Å². The van der Waals surface area contributed by atoms with Gasteiger partial charge in [0.25, 0.3) is 5.69 Å². The zero-order valence-electron chi connectivity index (χ0n) is 10.7. The Morgan fingerprint density at radius 1 is 1.24 bits per heavy atom. The lowest BCUT2D eigenvalue weighted by Crippen LogP contribution is -2.03. The number of nitro benzene ring substituents is 1. The molecule has 0 amide bonds. The van der Waals surface area contributed by atoms with E-state index in [-0.39, 0.29) is 17.9 Å². The average Bonchev–Trinajstić information content (AvgIpc) is 2.45. The molecular weight excluding hydrogens is 409 g/mol. The first-order valence-corrected chi connectivity index (χ1v) is 7.83. The Balaban J connectivity index is 2.28. The molecule has 0 aliphatic heterocycles. The van der Waals surface area contributed by atoms with Crippen LogP contribution in [-0.2, 0) is 11.9 Å². The van der Waals surface area contributed by atoms with Gasteiger partial charge in [-0.1, -0.05) is 28.1 Å². The Bertz CT molecular complexity index is 679. The van der Waals surface area contributed by atoms with Crippen LogP contribution in [0.3, 0.4) is 0 Å². The van der Waals surface area contributed by atoms with Crippen molar-refractivity contribution in [2.24, 2.45) is 0 Å². The predicted octanol–water partition coefficient (Wildman–Crippen LogP) is 4.97. The SMILES string of the molecule is O=[N+]([O-])c1ccc(F)cc1COc1c(Br)cccc1CBr. The van der Waals surface area contributed by atoms with E-state index >= 15 is 0 Å². The van der Waals surface area contributed by atoms with Crippen molar-refractivity contribution in [3.8, 4) is 5.75 Å². The maximum Gasteiger partial charge on any atom is 0.276 e. The molecule has 7 heteroatoms. The Kier molecular flexibility index (Phi) is 5.30. The van der Waals surface area contributed by atoms with E-state index < -0.39 is 10.7 Å². The van der Waals surface area contributed by atoms with Crippen LogP contribution < -0.4 is 4.74 Å². The summed E-state index contributed by atoms with van der Waals surface area (Å²) in [7, 11) is 0. The van der Waals surface area contributed by atoms with Gasteiger partial charge in [0, 0.05) is 17.0 Å². The number of nitrogens with zero attached hydrogens (tertiary/aromatic N) is 1. The van der Waals surface area contributed by atoms with Gasteiger partial charge in [-0.2, -0.15) is 0 Å². The summed E-state index contributed by atoms with van der Waals surface area (Å²) >= 11 is 6.72. The van der Waals surface area contributed by atoms with Gasteiger partial charge in [-0.05, 0) is 34.1 Å². The van der Waals surface area contributed by atoms with Gasteiger partial charge < -0.3 is 4.74 Å². The monoisotopic (exact) mass is 417 g/mol. The molecule has 0 atom stereocenters. The molecule has 2 aromatic rings. The molecule has 0 N–H and O–H groups in total. The van der Waals surface area contributed by atoms with Crippen molar-refractivity contribution < 1.29 is 14.1 Å². The van der Waals surface area contributed by atoms with E-state index in [0.29, 0.717) is 11.1 Å². The Hall–Kier alpha value is -1.47. The predicted molar refractivity (Wildman–Crippen MR) is 84.2 cm³/mol. The standard InChI is InChI=1S/C14H10Br2FNO3/c15-7-9-2-1-3-12(16)14(9)21-8-10-6-11(17)4-5-13(10)18(19)20/h1-6H,7-8H2. The molecule has 0 aromatic heterocycles. The van der Waals surface area contributed by atoms with Crippen LogP contribution in [0.15, 0.2) is 40.9 Å². The minimum Gasteiger partial charge on any atom is -0.487 e. The van der Waals surface area contributed by atoms with E-state index in [1.807, 2.05) is 18.2 Å². The van der Waals surface area contributed by atoms with Crippen molar-refractivity contribution in [3.05, 3.63) is 67.9 Å². The first kappa shape index (κ1) is 15.9. The molecule has 0 aliphatic carbocycles. The molecule has 0 unspecified atom stereocenters. The normalized spacial score (nSPS) is 10.4. The third-order valence-corrected chi connectivity index (χ3v) is 4.03. The lowest BCUT2D eigenvalue weighted by atomic mass is 10.2. The second kappa shape index (κ2) is 7.00. The van der Waals surface area contributed by atoms with Gasteiger partial charge in [-0.15, -0.1) is 0 Å². The molecule has 2 aromatic carbocycles. The number of ether oxygens (including phenoxy) is 1. The molecule has 0 saturated carbocycles. The number of halogens is 3. The summed E-state index contributed by atoms with van der Waals surface area (Å²) in [6.45, 7) is -0.0866. The van der Waals surface area contributed by atoms with E-state index in [4.69, 9.17) is 4.74 Å². The summed E-state index contributed by atoms with van der Waals surface area (Å²) in [5.74, 6) is 0.0416. The van der Waals surface area contributed by atoms with Gasteiger partial charge in [-0.3, -0.25) is 10.1 Å². The topological polar surface area (TPSA) is 52.4 Å². The van der Waals surface area contributed by atoms with Crippen LogP contribution in [0.1, 0.15) is 11.1 Å². The van der Waals surface area contributed by atoms with Crippen molar-refractivity contribution >= 4 is 37.5 Å². The second-order valence-corrected chi connectivity index (χ2v) is 5.60. The van der Waals surface area contributed by atoms with E-state index in [9.17, 15) is 14.5 Å². The van der Waals surface area contributed by atoms with E-state index in [1.165, 1.54) is 0 Å². The van der Waals surface area contributed by atoms with E-state index in [0.717, 1.165) is 28.2 Å². The molecule has 21 heavy (non-hydrogen) atoms. The quantitative estimate of drug-likeness (QED) is 0.391. The van der Waals surface area contributed by atoms with Crippen molar-refractivity contribution in [2.45, 2.75) is 11.9 Å². The van der Waals surface area contributed by atoms with Crippen LogP contribution in [0.25, 0.3) is 0 Å². The summed E-state index contributed by atoms with van der Waals surface area (Å²) < 4.78 is 19.6. The molecule has 110 valence electrons. The Morgan fingerprint density at radius 3 is 2.67 bits per heavy atom. The fourth-order valence-electron chi connectivity index (χ4n) is 1.82. The van der Waals surface area contributed by atoms with Gasteiger partial charge in [0.1, 0.15) is 18.2 Å². The number of alkyl halides is 1. The Morgan fingerprint density at radius 2 is 2.00 bits per heavy atom. The van der Waals surface area contributed by atoms with Gasteiger partial charge in [0.05, 0.1) is 15.0 Å². The van der Waals surface area contributed by atoms with Crippen molar-refractivity contribution in [3.63, 3.8) is 0 Å². The third-order valence-electron chi connectivity index (χ3n) is 2.80. The Labute approximate surface area is 137 Å². The van der Waals surface area contributed by atoms with Crippen LogP contribution in [-0.4, -0.2) is 4.92 Å². The number of rotatable bonds is 5. The summed E-state index contributed by atoms with van der Waals surface area (Å²) in [5, 5.41) is 11.5. The molecule has 0 spiro atoms. The summed E-state index contributed by atoms with van der Waals surface area (Å²) in [4.78, 5) is 10.4. The molecule has 0 bridgehead atoms. The molecule has 0 radical (unpaired) electrons. The van der Waals surface area contributed by atoms with Crippen LogP contribution in [0, 0.1) is 15.9 Å². The first-order chi connectivity index (χ1) is 10.0. The smallest absolute Gasteiger partial charge is 0.276 e. The largest absolute Gasteiger partial charge is 0.487 e. The van der Waals surface area contributed by atoms with Crippen molar-refractivity contribution in [2.75, 3.05) is 0 Å². The van der Waals surface area contributed by atoms with Crippen molar-refractivity contribution in [1.29, 1.82) is 0 Å². The molecule has 0 saturated heterocycles. The third kappa shape index (κ3) is 3.79. The highest BCUT2D eigenvalue weighted by Gasteiger charge is 2.16. The average molecular weight is 419 g/mol. The maximum atomic E-state index is 13.3. The highest BCUT2D eigenvalue weighted by molar-refractivity contribution is 9.10. The number of nitro groups is 1. The fraction of sp³-hybridized carbons (Fsp3) is 0.143. The zero-order valence-corrected chi connectivity index (χ0v) is 13.9. The molecular formula is C14H10Br2FNO3.